The summed E-state index contributed by atoms with van der Waals surface area (Å²) in [5, 5.41) is 33.5. The van der Waals surface area contributed by atoms with Gasteiger partial charge in [0, 0.05) is 5.92 Å². The van der Waals surface area contributed by atoms with Gasteiger partial charge >= 0.3 is 0 Å². The SMILES string of the molecule is CC(=CC(c1cc(C2CCCCC2)c(O)cc1C)c1cc(C2CCCCC2)c(O)cc1C)c1cc(C2CCCCC2)c(O)cc1C. The number of aromatic hydroxyl groups is 3. The Morgan fingerprint density at radius 1 is 0.522 bits per heavy atom. The van der Waals surface area contributed by atoms with Gasteiger partial charge in [0.15, 0.2) is 0 Å². The molecule has 0 radical (unpaired) electrons. The first-order valence-corrected chi connectivity index (χ1v) is 18.4. The number of phenolic OH excluding ortho intramolecular Hbond substituents is 3. The first-order chi connectivity index (χ1) is 22.2. The average molecular weight is 621 g/mol. The zero-order valence-electron chi connectivity index (χ0n) is 28.8. The van der Waals surface area contributed by atoms with Crippen LogP contribution >= 0.6 is 0 Å². The van der Waals surface area contributed by atoms with E-state index in [1.165, 1.54) is 80.1 Å². The van der Waals surface area contributed by atoms with Gasteiger partial charge in [0.05, 0.1) is 0 Å². The minimum absolute atomic E-state index is 0.0304. The highest BCUT2D eigenvalue weighted by atomic mass is 16.3. The Balaban J connectivity index is 1.50. The number of benzene rings is 3. The molecule has 0 aliphatic heterocycles. The predicted octanol–water partition coefficient (Wildman–Crippen LogP) is 12.1. The van der Waals surface area contributed by atoms with E-state index in [-0.39, 0.29) is 5.92 Å². The molecule has 0 amide bonds. The number of aryl methyl sites for hydroxylation is 3. The average Bonchev–Trinajstić information content (AvgIpc) is 3.05. The summed E-state index contributed by atoms with van der Waals surface area (Å²) < 4.78 is 0. The number of hydrogen-bond donors (Lipinski definition) is 3. The summed E-state index contributed by atoms with van der Waals surface area (Å²) in [6.07, 6.45) is 20.5. The molecule has 46 heavy (non-hydrogen) atoms. The van der Waals surface area contributed by atoms with Gasteiger partial charge in [0.2, 0.25) is 0 Å². The molecule has 3 saturated carbocycles. The van der Waals surface area contributed by atoms with Crippen molar-refractivity contribution in [2.24, 2.45) is 0 Å². The van der Waals surface area contributed by atoms with Crippen molar-refractivity contribution in [3.8, 4) is 17.2 Å². The molecule has 0 unspecified atom stereocenters. The van der Waals surface area contributed by atoms with Crippen molar-refractivity contribution in [3.05, 3.63) is 92.5 Å². The summed E-state index contributed by atoms with van der Waals surface area (Å²) in [6, 6.07) is 12.9. The first-order valence-electron chi connectivity index (χ1n) is 18.4. The summed E-state index contributed by atoms with van der Waals surface area (Å²) in [5.41, 5.74) is 11.5. The number of phenols is 3. The highest BCUT2D eigenvalue weighted by Crippen LogP contribution is 2.46. The van der Waals surface area contributed by atoms with Crippen molar-refractivity contribution < 1.29 is 15.3 Å². The molecule has 3 nitrogen and oxygen atoms in total. The molecule has 0 saturated heterocycles. The second kappa shape index (κ2) is 14.3. The second-order valence-corrected chi connectivity index (χ2v) is 15.1. The highest BCUT2D eigenvalue weighted by Gasteiger charge is 2.27. The third kappa shape index (κ3) is 6.90. The molecule has 3 aromatic rings. The molecule has 0 bridgehead atoms. The molecule has 3 aliphatic rings. The minimum Gasteiger partial charge on any atom is -0.508 e. The first kappa shape index (κ1) is 32.7. The fourth-order valence-corrected chi connectivity index (χ4v) is 9.17. The summed E-state index contributed by atoms with van der Waals surface area (Å²) in [4.78, 5) is 0. The maximum atomic E-state index is 11.2. The van der Waals surface area contributed by atoms with E-state index >= 15 is 0 Å². The van der Waals surface area contributed by atoms with Crippen molar-refractivity contribution >= 4 is 5.57 Å². The van der Waals surface area contributed by atoms with E-state index in [1.807, 2.05) is 18.2 Å². The van der Waals surface area contributed by atoms with Gasteiger partial charge in [-0.2, -0.15) is 0 Å². The van der Waals surface area contributed by atoms with Crippen LogP contribution in [0, 0.1) is 20.8 Å². The molecule has 0 atom stereocenters. The van der Waals surface area contributed by atoms with Crippen LogP contribution in [0.4, 0.5) is 0 Å². The van der Waals surface area contributed by atoms with Crippen LogP contribution < -0.4 is 0 Å². The minimum atomic E-state index is -0.0304. The summed E-state index contributed by atoms with van der Waals surface area (Å²) in [6.45, 7) is 8.62. The third-order valence-corrected chi connectivity index (χ3v) is 11.9. The van der Waals surface area contributed by atoms with Crippen molar-refractivity contribution in [3.63, 3.8) is 0 Å². The number of hydrogen-bond acceptors (Lipinski definition) is 3. The molecule has 0 spiro atoms. The zero-order valence-corrected chi connectivity index (χ0v) is 28.8. The molecule has 0 heterocycles. The lowest BCUT2D eigenvalue weighted by Gasteiger charge is -2.28. The van der Waals surface area contributed by atoms with E-state index < -0.39 is 0 Å². The molecule has 3 aliphatic carbocycles. The molecular weight excluding hydrogens is 564 g/mol. The summed E-state index contributed by atoms with van der Waals surface area (Å²) in [5.74, 6) is 2.50. The normalized spacial score (nSPS) is 19.2. The van der Waals surface area contributed by atoms with Gasteiger partial charge in [-0.15, -0.1) is 0 Å². The lowest BCUT2D eigenvalue weighted by atomic mass is 9.77. The van der Waals surface area contributed by atoms with Gasteiger partial charge in [-0.25, -0.2) is 0 Å². The van der Waals surface area contributed by atoms with Gasteiger partial charge in [0.25, 0.3) is 0 Å². The van der Waals surface area contributed by atoms with E-state index in [0.717, 1.165) is 71.9 Å². The summed E-state index contributed by atoms with van der Waals surface area (Å²) >= 11 is 0. The fourth-order valence-electron chi connectivity index (χ4n) is 9.17. The fraction of sp³-hybridized carbons (Fsp3) is 0.535. The van der Waals surface area contributed by atoms with E-state index in [2.05, 4.69) is 52.0 Å². The highest BCUT2D eigenvalue weighted by molar-refractivity contribution is 5.71. The van der Waals surface area contributed by atoms with Crippen LogP contribution in [0.3, 0.4) is 0 Å². The Morgan fingerprint density at radius 2 is 0.870 bits per heavy atom. The largest absolute Gasteiger partial charge is 0.508 e. The predicted molar refractivity (Wildman–Crippen MR) is 192 cm³/mol. The van der Waals surface area contributed by atoms with Gasteiger partial charge in [-0.1, -0.05) is 76.0 Å². The number of rotatable bonds is 7. The molecule has 3 aromatic carbocycles. The summed E-state index contributed by atoms with van der Waals surface area (Å²) in [7, 11) is 0. The van der Waals surface area contributed by atoms with Gasteiger partial charge in [-0.3, -0.25) is 0 Å². The van der Waals surface area contributed by atoms with Crippen LogP contribution in [0.1, 0.15) is 177 Å². The quantitative estimate of drug-likeness (QED) is 0.246. The molecule has 6 rings (SSSR count). The lowest BCUT2D eigenvalue weighted by Crippen LogP contribution is -2.11. The van der Waals surface area contributed by atoms with E-state index in [4.69, 9.17) is 0 Å². The van der Waals surface area contributed by atoms with Crippen LogP contribution in [0.15, 0.2) is 42.5 Å². The Kier molecular flexibility index (Phi) is 10.2. The second-order valence-electron chi connectivity index (χ2n) is 15.1. The standard InChI is InChI=1S/C43H56O3/c1-27(34-24-37(41(44)21-28(34)2)31-14-8-5-9-15-31)20-40(35-25-38(42(45)22-29(35)3)32-16-10-6-11-17-32)36-26-39(43(46)23-30(36)4)33-18-12-7-13-19-33/h20-26,31-33,40,44-46H,5-19H2,1-4H3. The molecule has 3 heteroatoms. The topological polar surface area (TPSA) is 60.7 Å². The van der Waals surface area contributed by atoms with Crippen molar-refractivity contribution in [2.45, 2.75) is 148 Å². The van der Waals surface area contributed by atoms with Crippen molar-refractivity contribution in [2.75, 3.05) is 0 Å². The molecule has 3 N–H and O–H groups in total. The van der Waals surface area contributed by atoms with E-state index in [0.29, 0.717) is 35.0 Å². The van der Waals surface area contributed by atoms with E-state index in [9.17, 15) is 15.3 Å². The lowest BCUT2D eigenvalue weighted by molar-refractivity contribution is 0.413. The number of allylic oxidation sites excluding steroid dienone is 2. The Labute approximate surface area is 277 Å². The molecule has 0 aromatic heterocycles. The maximum absolute atomic E-state index is 11.2. The van der Waals surface area contributed by atoms with Crippen molar-refractivity contribution in [1.29, 1.82) is 0 Å². The Morgan fingerprint density at radius 3 is 1.26 bits per heavy atom. The smallest absolute Gasteiger partial charge is 0.119 e. The van der Waals surface area contributed by atoms with Crippen LogP contribution in [-0.4, -0.2) is 15.3 Å². The monoisotopic (exact) mass is 620 g/mol. The van der Waals surface area contributed by atoms with Crippen LogP contribution in [0.25, 0.3) is 5.57 Å². The van der Waals surface area contributed by atoms with Crippen LogP contribution in [-0.2, 0) is 0 Å². The molecule has 3 fully saturated rings. The van der Waals surface area contributed by atoms with Gasteiger partial charge < -0.3 is 15.3 Å². The van der Waals surface area contributed by atoms with Crippen molar-refractivity contribution in [1.82, 2.24) is 0 Å². The Bertz CT molecular complexity index is 1490. The Hall–Kier alpha value is -3.20. The molecule has 246 valence electrons. The van der Waals surface area contributed by atoms with Crippen LogP contribution in [0.5, 0.6) is 17.2 Å². The zero-order chi connectivity index (χ0) is 32.4. The van der Waals surface area contributed by atoms with E-state index in [1.54, 1.807) is 0 Å². The van der Waals surface area contributed by atoms with Gasteiger partial charge in [-0.05, 0) is 164 Å². The molecular formula is C43H56O3. The maximum Gasteiger partial charge on any atom is 0.119 e. The van der Waals surface area contributed by atoms with Crippen LogP contribution in [0.2, 0.25) is 0 Å². The van der Waals surface area contributed by atoms with Gasteiger partial charge in [0.1, 0.15) is 17.2 Å². The third-order valence-electron chi connectivity index (χ3n) is 11.9.